The van der Waals surface area contributed by atoms with Crippen molar-refractivity contribution in [1.29, 1.82) is 0 Å². The van der Waals surface area contributed by atoms with Crippen LogP contribution in [0.25, 0.3) is 0 Å². The van der Waals surface area contributed by atoms with E-state index in [-0.39, 0.29) is 5.92 Å². The zero-order chi connectivity index (χ0) is 14.0. The van der Waals surface area contributed by atoms with Crippen molar-refractivity contribution in [1.82, 2.24) is 4.90 Å². The van der Waals surface area contributed by atoms with Gasteiger partial charge in [-0.3, -0.25) is 9.69 Å². The predicted molar refractivity (Wildman–Crippen MR) is 76.3 cm³/mol. The fraction of sp³-hybridized carbons (Fsp3) is 0.500. The number of halogens is 1. The highest BCUT2D eigenvalue weighted by Gasteiger charge is 2.36. The molecule has 1 N–H and O–H groups in total. The lowest BCUT2D eigenvalue weighted by molar-refractivity contribution is -0.146. The topological polar surface area (TPSA) is 49.8 Å². The smallest absolute Gasteiger partial charge is 0.306 e. The summed E-state index contributed by atoms with van der Waals surface area (Å²) in [6, 6.07) is 6.39. The molecule has 1 aromatic carbocycles. The number of carboxylic acid groups (broad SMARTS) is 1. The summed E-state index contributed by atoms with van der Waals surface area (Å²) in [5, 5.41) is 8.88. The summed E-state index contributed by atoms with van der Waals surface area (Å²) < 4.78 is 6.14. The van der Waals surface area contributed by atoms with Crippen LogP contribution in [0.1, 0.15) is 18.4 Å². The fourth-order valence-electron chi connectivity index (χ4n) is 2.37. The molecule has 0 atom stereocenters. The Hall–Kier alpha value is -1.07. The summed E-state index contributed by atoms with van der Waals surface area (Å²) in [4.78, 5) is 13.0. The van der Waals surface area contributed by atoms with Gasteiger partial charge in [0.25, 0.3) is 0 Å². The Labute approximate surface area is 121 Å². The maximum atomic E-state index is 10.8. The molecule has 2 rings (SSSR count). The lowest BCUT2D eigenvalue weighted by atomic mass is 9.79. The molecule has 0 radical (unpaired) electrons. The molecule has 0 heterocycles. The van der Waals surface area contributed by atoms with E-state index in [1.165, 1.54) is 5.56 Å². The molecule has 1 aromatic rings. The first-order valence-electron chi connectivity index (χ1n) is 6.26. The van der Waals surface area contributed by atoms with Crippen LogP contribution < -0.4 is 4.74 Å². The summed E-state index contributed by atoms with van der Waals surface area (Å²) in [5.41, 5.74) is 1.19. The standard InChI is InChI=1S/C14H18BrNO3/c1-16(11-6-10(7-11)14(17)18)8-9-3-4-13(19-2)12(15)5-9/h3-5,10-11H,6-8H2,1-2H3,(H,17,18). The number of aliphatic carboxylic acids is 1. The van der Waals surface area contributed by atoms with Gasteiger partial charge >= 0.3 is 5.97 Å². The second kappa shape index (κ2) is 5.92. The Bertz CT molecular complexity index is 472. The van der Waals surface area contributed by atoms with Crippen LogP contribution in [0.2, 0.25) is 0 Å². The van der Waals surface area contributed by atoms with E-state index in [0.717, 1.165) is 29.6 Å². The number of carboxylic acids is 1. The molecule has 0 bridgehead atoms. The van der Waals surface area contributed by atoms with E-state index in [2.05, 4.69) is 20.8 Å². The lowest BCUT2D eigenvalue weighted by Crippen LogP contribution is -2.44. The van der Waals surface area contributed by atoms with Crippen LogP contribution >= 0.6 is 15.9 Å². The second-order valence-corrected chi connectivity index (χ2v) is 5.90. The maximum absolute atomic E-state index is 10.8. The average molecular weight is 328 g/mol. The zero-order valence-electron chi connectivity index (χ0n) is 11.1. The number of ether oxygens (including phenoxy) is 1. The highest BCUT2D eigenvalue weighted by molar-refractivity contribution is 9.10. The Morgan fingerprint density at radius 1 is 1.53 bits per heavy atom. The van der Waals surface area contributed by atoms with Gasteiger partial charge < -0.3 is 9.84 Å². The van der Waals surface area contributed by atoms with Gasteiger partial charge in [-0.2, -0.15) is 0 Å². The van der Waals surface area contributed by atoms with Gasteiger partial charge in [0.1, 0.15) is 5.75 Å². The van der Waals surface area contributed by atoms with Crippen molar-refractivity contribution in [2.45, 2.75) is 25.4 Å². The zero-order valence-corrected chi connectivity index (χ0v) is 12.7. The van der Waals surface area contributed by atoms with Crippen LogP contribution in [0.15, 0.2) is 22.7 Å². The van der Waals surface area contributed by atoms with Crippen LogP contribution in [0, 0.1) is 5.92 Å². The number of hydrogen-bond donors (Lipinski definition) is 1. The molecule has 1 aliphatic rings. The fourth-order valence-corrected chi connectivity index (χ4v) is 2.96. The Kier molecular flexibility index (Phi) is 4.47. The average Bonchev–Trinajstić information content (AvgIpc) is 2.26. The third-order valence-corrected chi connectivity index (χ3v) is 4.35. The van der Waals surface area contributed by atoms with Crippen molar-refractivity contribution < 1.29 is 14.6 Å². The molecule has 1 saturated carbocycles. The molecule has 1 fully saturated rings. The van der Waals surface area contributed by atoms with E-state index in [4.69, 9.17) is 9.84 Å². The molecule has 104 valence electrons. The van der Waals surface area contributed by atoms with Crippen LogP contribution in [0.5, 0.6) is 5.75 Å². The molecular weight excluding hydrogens is 310 g/mol. The summed E-state index contributed by atoms with van der Waals surface area (Å²) in [5.74, 6) is -0.00659. The third-order valence-electron chi connectivity index (χ3n) is 3.73. The van der Waals surface area contributed by atoms with Gasteiger partial charge in [0.15, 0.2) is 0 Å². The van der Waals surface area contributed by atoms with Gasteiger partial charge in [0.2, 0.25) is 0 Å². The molecule has 5 heteroatoms. The summed E-state index contributed by atoms with van der Waals surface area (Å²) >= 11 is 3.47. The number of carbonyl (C=O) groups is 1. The van der Waals surface area contributed by atoms with Crippen molar-refractivity contribution in [2.75, 3.05) is 14.2 Å². The molecule has 19 heavy (non-hydrogen) atoms. The molecular formula is C14H18BrNO3. The molecule has 0 spiro atoms. The third kappa shape index (κ3) is 3.28. The number of rotatable bonds is 5. The van der Waals surface area contributed by atoms with E-state index < -0.39 is 5.97 Å². The van der Waals surface area contributed by atoms with Gasteiger partial charge in [-0.25, -0.2) is 0 Å². The molecule has 0 amide bonds. The van der Waals surface area contributed by atoms with Gasteiger partial charge in [-0.15, -0.1) is 0 Å². The maximum Gasteiger partial charge on any atom is 0.306 e. The summed E-state index contributed by atoms with van der Waals surface area (Å²) in [6.45, 7) is 0.819. The van der Waals surface area contributed by atoms with Crippen molar-refractivity contribution in [3.8, 4) is 5.75 Å². The minimum absolute atomic E-state index is 0.157. The molecule has 0 aromatic heterocycles. The Morgan fingerprint density at radius 3 is 2.74 bits per heavy atom. The Morgan fingerprint density at radius 2 is 2.21 bits per heavy atom. The minimum atomic E-state index is -0.670. The SMILES string of the molecule is COc1ccc(CN(C)C2CC(C(=O)O)C2)cc1Br. The largest absolute Gasteiger partial charge is 0.496 e. The highest BCUT2D eigenvalue weighted by atomic mass is 79.9. The first kappa shape index (κ1) is 14.3. The van der Waals surface area contributed by atoms with Crippen LogP contribution in [0.3, 0.4) is 0 Å². The number of nitrogens with zero attached hydrogens (tertiary/aromatic N) is 1. The first-order valence-corrected chi connectivity index (χ1v) is 7.06. The van der Waals surface area contributed by atoms with E-state index in [1.807, 2.05) is 25.2 Å². The molecule has 0 aliphatic heterocycles. The number of hydrogen-bond acceptors (Lipinski definition) is 3. The van der Waals surface area contributed by atoms with Crippen LogP contribution in [-0.2, 0) is 11.3 Å². The molecule has 0 unspecified atom stereocenters. The normalized spacial score (nSPS) is 22.1. The van der Waals surface area contributed by atoms with E-state index in [1.54, 1.807) is 7.11 Å². The predicted octanol–water partition coefficient (Wildman–Crippen LogP) is 2.75. The molecule has 0 saturated heterocycles. The summed E-state index contributed by atoms with van der Waals surface area (Å²) in [7, 11) is 3.69. The van der Waals surface area contributed by atoms with Gasteiger partial charge in [0, 0.05) is 12.6 Å². The van der Waals surface area contributed by atoms with Crippen LogP contribution in [-0.4, -0.2) is 36.2 Å². The lowest BCUT2D eigenvalue weighted by Gasteiger charge is -2.39. The van der Waals surface area contributed by atoms with Crippen LogP contribution in [0.4, 0.5) is 0 Å². The highest BCUT2D eigenvalue weighted by Crippen LogP contribution is 2.32. The summed E-state index contributed by atoms with van der Waals surface area (Å²) in [6.07, 6.45) is 1.51. The molecule has 4 nitrogen and oxygen atoms in total. The first-order chi connectivity index (χ1) is 9.01. The Balaban J connectivity index is 1.91. The van der Waals surface area contributed by atoms with E-state index in [0.29, 0.717) is 6.04 Å². The second-order valence-electron chi connectivity index (χ2n) is 5.04. The number of benzene rings is 1. The van der Waals surface area contributed by atoms with E-state index >= 15 is 0 Å². The van der Waals surface area contributed by atoms with Crippen molar-refractivity contribution in [3.05, 3.63) is 28.2 Å². The van der Waals surface area contributed by atoms with Crippen molar-refractivity contribution in [2.24, 2.45) is 5.92 Å². The minimum Gasteiger partial charge on any atom is -0.496 e. The van der Waals surface area contributed by atoms with Gasteiger partial charge in [0.05, 0.1) is 17.5 Å². The number of methoxy groups -OCH3 is 1. The van der Waals surface area contributed by atoms with Gasteiger partial charge in [-0.1, -0.05) is 6.07 Å². The van der Waals surface area contributed by atoms with E-state index in [9.17, 15) is 4.79 Å². The van der Waals surface area contributed by atoms with Gasteiger partial charge in [-0.05, 0) is 53.5 Å². The quantitative estimate of drug-likeness (QED) is 0.903. The monoisotopic (exact) mass is 327 g/mol. The molecule has 1 aliphatic carbocycles. The van der Waals surface area contributed by atoms with Crippen molar-refractivity contribution in [3.63, 3.8) is 0 Å². The van der Waals surface area contributed by atoms with Crippen molar-refractivity contribution >= 4 is 21.9 Å².